The average molecular weight is 374 g/mol. The number of carbonyl (C=O) groups is 1. The fourth-order valence-electron chi connectivity index (χ4n) is 1.64. The van der Waals surface area contributed by atoms with Crippen molar-refractivity contribution < 1.29 is 18.7 Å². The van der Waals surface area contributed by atoms with Gasteiger partial charge in [0.15, 0.2) is 12.4 Å². The Hall–Kier alpha value is -1.59. The normalized spacial score (nSPS) is 10.3. The van der Waals surface area contributed by atoms with Crippen LogP contribution in [0, 0.1) is 5.82 Å². The van der Waals surface area contributed by atoms with Gasteiger partial charge in [-0.25, -0.2) is 4.39 Å². The monoisotopic (exact) mass is 372 g/mol. The maximum atomic E-state index is 13.1. The van der Waals surface area contributed by atoms with Gasteiger partial charge in [-0.15, -0.1) is 0 Å². The van der Waals surface area contributed by atoms with Gasteiger partial charge in [0.05, 0.1) is 16.6 Å². The smallest absolute Gasteiger partial charge is 0.200 e. The molecule has 3 nitrogen and oxygen atoms in total. The lowest BCUT2D eigenvalue weighted by molar-refractivity contribution is 0.0921. The third-order valence-corrected chi connectivity index (χ3v) is 3.64. The Bertz CT molecular complexity index is 676. The highest BCUT2D eigenvalue weighted by Crippen LogP contribution is 2.25. The van der Waals surface area contributed by atoms with E-state index in [0.717, 1.165) is 0 Å². The first-order chi connectivity index (χ1) is 10.0. The number of Topliss-reactive ketones (excluding diaryl/α,β-unsaturated/α-hetero) is 1. The summed E-state index contributed by atoms with van der Waals surface area (Å²) in [4.78, 5) is 12.0. The predicted octanol–water partition coefficient (Wildman–Crippen LogP) is 4.51. The summed E-state index contributed by atoms with van der Waals surface area (Å²) in [7, 11) is 1.50. The summed E-state index contributed by atoms with van der Waals surface area (Å²) in [6, 6.07) is 8.92. The Balaban J connectivity index is 2.04. The quantitative estimate of drug-likeness (QED) is 0.723. The highest BCUT2D eigenvalue weighted by atomic mass is 79.9. The molecule has 2 aromatic rings. The molecule has 2 rings (SSSR count). The summed E-state index contributed by atoms with van der Waals surface area (Å²) in [6.45, 7) is -0.166. The molecule has 0 atom stereocenters. The van der Waals surface area contributed by atoms with Crippen molar-refractivity contribution in [3.8, 4) is 11.5 Å². The molecule has 0 aromatic heterocycles. The maximum Gasteiger partial charge on any atom is 0.200 e. The zero-order valence-corrected chi connectivity index (χ0v) is 13.4. The molecule has 0 aliphatic heterocycles. The molecule has 0 N–H and O–H groups in total. The number of hydrogen-bond acceptors (Lipinski definition) is 3. The summed E-state index contributed by atoms with van der Waals surface area (Å²) in [6.07, 6.45) is 0. The van der Waals surface area contributed by atoms with E-state index in [1.807, 2.05) is 0 Å². The topological polar surface area (TPSA) is 35.5 Å². The van der Waals surface area contributed by atoms with Gasteiger partial charge in [0, 0.05) is 5.56 Å². The van der Waals surface area contributed by atoms with E-state index in [9.17, 15) is 9.18 Å². The molecular weight excluding hydrogens is 363 g/mol. The molecule has 0 aliphatic rings. The summed E-state index contributed by atoms with van der Waals surface area (Å²) in [5, 5.41) is 0.355. The molecule has 0 unspecified atom stereocenters. The zero-order chi connectivity index (χ0) is 15.4. The molecule has 0 radical (unpaired) electrons. The first kappa shape index (κ1) is 15.8. The minimum Gasteiger partial charge on any atom is -0.495 e. The average Bonchev–Trinajstić information content (AvgIpc) is 2.48. The fraction of sp³-hybridized carbons (Fsp3) is 0.133. The minimum absolute atomic E-state index is 0.166. The van der Waals surface area contributed by atoms with E-state index in [1.54, 1.807) is 12.1 Å². The molecule has 2 aromatic carbocycles. The van der Waals surface area contributed by atoms with Gasteiger partial charge in [0.2, 0.25) is 0 Å². The molecule has 6 heteroatoms. The maximum absolute atomic E-state index is 13.1. The van der Waals surface area contributed by atoms with Crippen LogP contribution in [-0.2, 0) is 0 Å². The van der Waals surface area contributed by atoms with E-state index in [1.165, 1.54) is 31.4 Å². The van der Waals surface area contributed by atoms with Gasteiger partial charge in [-0.3, -0.25) is 4.79 Å². The van der Waals surface area contributed by atoms with Gasteiger partial charge < -0.3 is 9.47 Å². The van der Waals surface area contributed by atoms with Crippen molar-refractivity contribution in [3.05, 3.63) is 57.3 Å². The SMILES string of the molecule is COc1ccc(C(=O)COc2ccc(F)c(Br)c2)cc1Cl. The van der Waals surface area contributed by atoms with E-state index in [-0.39, 0.29) is 16.9 Å². The van der Waals surface area contributed by atoms with Crippen molar-refractivity contribution >= 4 is 33.3 Å². The van der Waals surface area contributed by atoms with Crippen molar-refractivity contribution in [3.63, 3.8) is 0 Å². The van der Waals surface area contributed by atoms with E-state index in [2.05, 4.69) is 15.9 Å². The molecule has 0 amide bonds. The van der Waals surface area contributed by atoms with Crippen LogP contribution >= 0.6 is 27.5 Å². The van der Waals surface area contributed by atoms with Crippen molar-refractivity contribution in [2.75, 3.05) is 13.7 Å². The number of halogens is 3. The third kappa shape index (κ3) is 3.95. The molecule has 0 spiro atoms. The largest absolute Gasteiger partial charge is 0.495 e. The van der Waals surface area contributed by atoms with Gasteiger partial charge in [0.1, 0.15) is 17.3 Å². The van der Waals surface area contributed by atoms with Crippen LogP contribution < -0.4 is 9.47 Å². The van der Waals surface area contributed by atoms with Gasteiger partial charge in [-0.05, 0) is 52.3 Å². The van der Waals surface area contributed by atoms with Crippen LogP contribution in [0.25, 0.3) is 0 Å². The minimum atomic E-state index is -0.393. The molecule has 0 fully saturated rings. The number of methoxy groups -OCH3 is 1. The number of rotatable bonds is 5. The fourth-order valence-corrected chi connectivity index (χ4v) is 2.25. The molecule has 0 heterocycles. The lowest BCUT2D eigenvalue weighted by Gasteiger charge is -2.08. The Morgan fingerprint density at radius 1 is 1.29 bits per heavy atom. The van der Waals surface area contributed by atoms with E-state index in [4.69, 9.17) is 21.1 Å². The molecule has 0 aliphatic carbocycles. The number of hydrogen-bond donors (Lipinski definition) is 0. The number of carbonyl (C=O) groups excluding carboxylic acids is 1. The second-order valence-electron chi connectivity index (χ2n) is 4.14. The van der Waals surface area contributed by atoms with Crippen molar-refractivity contribution in [1.82, 2.24) is 0 Å². The second-order valence-corrected chi connectivity index (χ2v) is 5.40. The van der Waals surface area contributed by atoms with Gasteiger partial charge in [-0.2, -0.15) is 0 Å². The molecule has 0 saturated heterocycles. The molecule has 110 valence electrons. The Morgan fingerprint density at radius 3 is 2.67 bits per heavy atom. The van der Waals surface area contributed by atoms with Gasteiger partial charge in [-0.1, -0.05) is 11.6 Å². The highest BCUT2D eigenvalue weighted by molar-refractivity contribution is 9.10. The van der Waals surface area contributed by atoms with E-state index in [0.29, 0.717) is 22.1 Å². The number of ketones is 1. The van der Waals surface area contributed by atoms with Crippen LogP contribution in [0.2, 0.25) is 5.02 Å². The van der Waals surface area contributed by atoms with Crippen molar-refractivity contribution in [2.24, 2.45) is 0 Å². The molecule has 0 bridgehead atoms. The second kappa shape index (κ2) is 6.91. The summed E-state index contributed by atoms with van der Waals surface area (Å²) >= 11 is 9.02. The van der Waals surface area contributed by atoms with Crippen LogP contribution in [-0.4, -0.2) is 19.5 Å². The first-order valence-electron chi connectivity index (χ1n) is 5.96. The van der Waals surface area contributed by atoms with Crippen molar-refractivity contribution in [1.29, 1.82) is 0 Å². The highest BCUT2D eigenvalue weighted by Gasteiger charge is 2.10. The summed E-state index contributed by atoms with van der Waals surface area (Å²) in [5.41, 5.74) is 0.418. The number of benzene rings is 2. The van der Waals surface area contributed by atoms with Gasteiger partial charge in [0.25, 0.3) is 0 Å². The molecular formula is C15H11BrClFO3. The number of ether oxygens (including phenoxy) is 2. The van der Waals surface area contributed by atoms with Crippen LogP contribution in [0.1, 0.15) is 10.4 Å². The van der Waals surface area contributed by atoms with Crippen LogP contribution in [0.15, 0.2) is 40.9 Å². The van der Waals surface area contributed by atoms with Crippen LogP contribution in [0.3, 0.4) is 0 Å². The first-order valence-corrected chi connectivity index (χ1v) is 7.13. The van der Waals surface area contributed by atoms with Crippen LogP contribution in [0.5, 0.6) is 11.5 Å². The van der Waals surface area contributed by atoms with Gasteiger partial charge >= 0.3 is 0 Å². The van der Waals surface area contributed by atoms with E-state index < -0.39 is 5.82 Å². The van der Waals surface area contributed by atoms with Crippen LogP contribution in [0.4, 0.5) is 4.39 Å². The molecule has 0 saturated carbocycles. The summed E-state index contributed by atoms with van der Waals surface area (Å²) in [5.74, 6) is 0.267. The Morgan fingerprint density at radius 2 is 2.05 bits per heavy atom. The lowest BCUT2D eigenvalue weighted by atomic mass is 10.1. The van der Waals surface area contributed by atoms with Crippen molar-refractivity contribution in [2.45, 2.75) is 0 Å². The zero-order valence-electron chi connectivity index (χ0n) is 11.0. The Kier molecular flexibility index (Phi) is 5.20. The van der Waals surface area contributed by atoms with E-state index >= 15 is 0 Å². The predicted molar refractivity (Wildman–Crippen MR) is 81.9 cm³/mol. The molecule has 21 heavy (non-hydrogen) atoms. The Labute approximate surface area is 134 Å². The summed E-state index contributed by atoms with van der Waals surface area (Å²) < 4.78 is 23.7. The standard InChI is InChI=1S/C15H11BrClFO3/c1-20-15-5-2-9(6-12(15)17)14(19)8-21-10-3-4-13(18)11(16)7-10/h2-7H,8H2,1H3. The third-order valence-electron chi connectivity index (χ3n) is 2.73. The lowest BCUT2D eigenvalue weighted by Crippen LogP contribution is -2.11.